The van der Waals surface area contributed by atoms with Crippen molar-refractivity contribution < 1.29 is 4.74 Å². The summed E-state index contributed by atoms with van der Waals surface area (Å²) < 4.78 is 5.67. The Balaban J connectivity index is 2.51. The van der Waals surface area contributed by atoms with Crippen LogP contribution in [0.2, 0.25) is 0 Å². The maximum Gasteiger partial charge on any atom is 0.120 e. The van der Waals surface area contributed by atoms with Crippen molar-refractivity contribution in [3.05, 3.63) is 30.0 Å². The smallest absolute Gasteiger partial charge is 0.120 e. The van der Waals surface area contributed by atoms with Crippen LogP contribution in [0, 0.1) is 0 Å². The van der Waals surface area contributed by atoms with Gasteiger partial charge in [-0.2, -0.15) is 0 Å². The molecular weight excluding hydrogens is 224 g/mol. The summed E-state index contributed by atoms with van der Waals surface area (Å²) in [7, 11) is 0. The molecule has 18 heavy (non-hydrogen) atoms. The Morgan fingerprint density at radius 2 is 1.83 bits per heavy atom. The predicted molar refractivity (Wildman–Crippen MR) is 76.0 cm³/mol. The number of pyridine rings is 1. The Hall–Kier alpha value is -1.77. The molecule has 3 nitrogen and oxygen atoms in total. The van der Waals surface area contributed by atoms with Gasteiger partial charge in [0.2, 0.25) is 0 Å². The second kappa shape index (κ2) is 4.84. The van der Waals surface area contributed by atoms with E-state index >= 15 is 0 Å². The summed E-state index contributed by atoms with van der Waals surface area (Å²) in [6.07, 6.45) is 0.159. The number of benzene rings is 1. The minimum atomic E-state index is 0.159. The van der Waals surface area contributed by atoms with Gasteiger partial charge in [-0.3, -0.25) is 4.98 Å². The highest BCUT2D eigenvalue weighted by Crippen LogP contribution is 2.27. The molecule has 2 N–H and O–H groups in total. The fourth-order valence-corrected chi connectivity index (χ4v) is 1.89. The Morgan fingerprint density at radius 1 is 1.11 bits per heavy atom. The van der Waals surface area contributed by atoms with Gasteiger partial charge in [0, 0.05) is 16.8 Å². The van der Waals surface area contributed by atoms with Gasteiger partial charge < -0.3 is 10.5 Å². The van der Waals surface area contributed by atoms with E-state index in [1.807, 2.05) is 38.1 Å². The molecule has 0 aliphatic rings. The lowest BCUT2D eigenvalue weighted by Crippen LogP contribution is -2.05. The van der Waals surface area contributed by atoms with E-state index in [2.05, 4.69) is 18.8 Å². The first-order valence-corrected chi connectivity index (χ1v) is 6.34. The molecule has 0 saturated carbocycles. The predicted octanol–water partition coefficient (Wildman–Crippen LogP) is 3.73. The van der Waals surface area contributed by atoms with Crippen LogP contribution in [0.5, 0.6) is 5.75 Å². The lowest BCUT2D eigenvalue weighted by molar-refractivity contribution is 0.243. The molecule has 2 aromatic rings. The monoisotopic (exact) mass is 244 g/mol. The van der Waals surface area contributed by atoms with Crippen LogP contribution in [0.1, 0.15) is 39.3 Å². The average molecular weight is 244 g/mol. The Labute approximate surface area is 108 Å². The number of aromatic nitrogens is 1. The lowest BCUT2D eigenvalue weighted by Gasteiger charge is -2.12. The van der Waals surface area contributed by atoms with Crippen molar-refractivity contribution in [2.45, 2.75) is 39.7 Å². The molecule has 2 rings (SSSR count). The highest BCUT2D eigenvalue weighted by atomic mass is 16.5. The van der Waals surface area contributed by atoms with Gasteiger partial charge >= 0.3 is 0 Å². The number of fused-ring (bicyclic) bond motifs is 1. The summed E-state index contributed by atoms with van der Waals surface area (Å²) >= 11 is 0. The fraction of sp³-hybridized carbons (Fsp3) is 0.400. The number of hydrogen-bond donors (Lipinski definition) is 1. The standard InChI is InChI=1S/C15H20N2O/c1-9(2)15-8-13(16)12-7-11(18-10(3)4)5-6-14(12)17-15/h5-10H,1-4H3,(H2,16,17). The molecule has 3 heteroatoms. The number of nitrogens with zero attached hydrogens (tertiary/aromatic N) is 1. The molecule has 0 aliphatic carbocycles. The SMILES string of the molecule is CC(C)Oc1ccc2nc(C(C)C)cc(N)c2c1. The number of ether oxygens (including phenoxy) is 1. The Bertz CT molecular complexity index is 562. The third kappa shape index (κ3) is 2.55. The number of nitrogen functional groups attached to an aromatic ring is 1. The van der Waals surface area contributed by atoms with Crippen LogP contribution in [0.3, 0.4) is 0 Å². The highest BCUT2D eigenvalue weighted by Gasteiger charge is 2.08. The van der Waals surface area contributed by atoms with Crippen LogP contribution in [0.15, 0.2) is 24.3 Å². The average Bonchev–Trinajstić information content (AvgIpc) is 2.28. The zero-order chi connectivity index (χ0) is 13.3. The van der Waals surface area contributed by atoms with Gasteiger partial charge in [-0.05, 0) is 44.0 Å². The zero-order valence-corrected chi connectivity index (χ0v) is 11.4. The van der Waals surface area contributed by atoms with Gasteiger partial charge in [-0.15, -0.1) is 0 Å². The van der Waals surface area contributed by atoms with Crippen molar-refractivity contribution in [1.82, 2.24) is 4.98 Å². The molecule has 1 heterocycles. The normalized spacial score (nSPS) is 11.4. The topological polar surface area (TPSA) is 48.1 Å². The molecule has 0 radical (unpaired) electrons. The molecule has 0 unspecified atom stereocenters. The van der Waals surface area contributed by atoms with E-state index in [1.165, 1.54) is 0 Å². The summed E-state index contributed by atoms with van der Waals surface area (Å²) in [6, 6.07) is 7.82. The maximum atomic E-state index is 6.10. The number of rotatable bonds is 3. The molecule has 96 valence electrons. The molecule has 0 amide bonds. The van der Waals surface area contributed by atoms with E-state index in [1.54, 1.807) is 0 Å². The van der Waals surface area contributed by atoms with Gasteiger partial charge in [0.25, 0.3) is 0 Å². The van der Waals surface area contributed by atoms with Crippen LogP contribution in [0.25, 0.3) is 10.9 Å². The third-order valence-corrected chi connectivity index (χ3v) is 2.80. The van der Waals surface area contributed by atoms with E-state index in [0.29, 0.717) is 5.92 Å². The van der Waals surface area contributed by atoms with Crippen LogP contribution in [0.4, 0.5) is 5.69 Å². The van der Waals surface area contributed by atoms with Crippen molar-refractivity contribution in [3.63, 3.8) is 0 Å². The van der Waals surface area contributed by atoms with E-state index < -0.39 is 0 Å². The van der Waals surface area contributed by atoms with E-state index in [0.717, 1.165) is 28.0 Å². The molecule has 0 bridgehead atoms. The Morgan fingerprint density at radius 3 is 2.44 bits per heavy atom. The van der Waals surface area contributed by atoms with Crippen LogP contribution < -0.4 is 10.5 Å². The molecule has 0 saturated heterocycles. The molecule has 0 atom stereocenters. The summed E-state index contributed by atoms with van der Waals surface area (Å²) in [6.45, 7) is 8.25. The van der Waals surface area contributed by atoms with Crippen molar-refractivity contribution in [1.29, 1.82) is 0 Å². The van der Waals surface area contributed by atoms with E-state index in [9.17, 15) is 0 Å². The van der Waals surface area contributed by atoms with Gasteiger partial charge in [0.15, 0.2) is 0 Å². The summed E-state index contributed by atoms with van der Waals surface area (Å²) in [5.41, 5.74) is 8.81. The van der Waals surface area contributed by atoms with E-state index in [4.69, 9.17) is 10.5 Å². The third-order valence-electron chi connectivity index (χ3n) is 2.80. The first kappa shape index (κ1) is 12.7. The minimum Gasteiger partial charge on any atom is -0.491 e. The molecule has 0 fully saturated rings. The Kier molecular flexibility index (Phi) is 3.41. The van der Waals surface area contributed by atoms with Crippen LogP contribution >= 0.6 is 0 Å². The summed E-state index contributed by atoms with van der Waals surface area (Å²) in [5.74, 6) is 1.21. The van der Waals surface area contributed by atoms with Crippen LogP contribution in [-0.2, 0) is 0 Å². The fourth-order valence-electron chi connectivity index (χ4n) is 1.89. The number of nitrogens with two attached hydrogens (primary N) is 1. The molecule has 1 aromatic heterocycles. The van der Waals surface area contributed by atoms with Gasteiger partial charge in [0.1, 0.15) is 5.75 Å². The molecular formula is C15H20N2O. The second-order valence-electron chi connectivity index (χ2n) is 5.14. The molecule has 0 spiro atoms. The summed E-state index contributed by atoms with van der Waals surface area (Å²) in [5, 5.41) is 0.956. The zero-order valence-electron chi connectivity index (χ0n) is 11.4. The first-order chi connectivity index (χ1) is 8.47. The second-order valence-corrected chi connectivity index (χ2v) is 5.14. The van der Waals surface area contributed by atoms with Crippen molar-refractivity contribution in [3.8, 4) is 5.75 Å². The van der Waals surface area contributed by atoms with Crippen molar-refractivity contribution in [2.75, 3.05) is 5.73 Å². The minimum absolute atomic E-state index is 0.159. The largest absolute Gasteiger partial charge is 0.491 e. The first-order valence-electron chi connectivity index (χ1n) is 6.34. The van der Waals surface area contributed by atoms with Crippen molar-refractivity contribution >= 4 is 16.6 Å². The van der Waals surface area contributed by atoms with E-state index in [-0.39, 0.29) is 6.10 Å². The van der Waals surface area contributed by atoms with Crippen LogP contribution in [-0.4, -0.2) is 11.1 Å². The maximum absolute atomic E-state index is 6.10. The van der Waals surface area contributed by atoms with Crippen molar-refractivity contribution in [2.24, 2.45) is 0 Å². The quantitative estimate of drug-likeness (QED) is 0.895. The van der Waals surface area contributed by atoms with Gasteiger partial charge in [-0.25, -0.2) is 0 Å². The summed E-state index contributed by atoms with van der Waals surface area (Å²) in [4.78, 5) is 4.62. The molecule has 0 aliphatic heterocycles. The molecule has 1 aromatic carbocycles. The number of anilines is 1. The van der Waals surface area contributed by atoms with Gasteiger partial charge in [0.05, 0.1) is 11.6 Å². The van der Waals surface area contributed by atoms with Gasteiger partial charge in [-0.1, -0.05) is 13.8 Å². The lowest BCUT2D eigenvalue weighted by atomic mass is 10.1. The highest BCUT2D eigenvalue weighted by molar-refractivity contribution is 5.91. The number of hydrogen-bond acceptors (Lipinski definition) is 3.